The highest BCUT2D eigenvalue weighted by Gasteiger charge is 2.31. The molecule has 0 heterocycles. The molecule has 2 aromatic carbocycles. The lowest BCUT2D eigenvalue weighted by Crippen LogP contribution is -2.12. The van der Waals surface area contributed by atoms with Gasteiger partial charge in [0.15, 0.2) is 5.78 Å². The van der Waals surface area contributed by atoms with E-state index in [1.54, 1.807) is 31.2 Å². The Balaban J connectivity index is 2.26. The summed E-state index contributed by atoms with van der Waals surface area (Å²) in [7, 11) is 1.53. The Labute approximate surface area is 126 Å². The van der Waals surface area contributed by atoms with Gasteiger partial charge in [0, 0.05) is 11.5 Å². The van der Waals surface area contributed by atoms with Crippen LogP contribution in [0, 0.1) is 0 Å². The van der Waals surface area contributed by atoms with Crippen molar-refractivity contribution >= 4 is 5.78 Å². The highest BCUT2D eigenvalue weighted by Crippen LogP contribution is 2.31. The molecule has 0 N–H and O–H groups in total. The summed E-state index contributed by atoms with van der Waals surface area (Å²) in [5.74, 6) is -0.229. The summed E-state index contributed by atoms with van der Waals surface area (Å²) in [6, 6.07) is 11.4. The van der Waals surface area contributed by atoms with Crippen LogP contribution in [-0.2, 0) is 6.18 Å². The lowest BCUT2D eigenvalue weighted by molar-refractivity contribution is -0.137. The minimum Gasteiger partial charge on any atom is -0.497 e. The quantitative estimate of drug-likeness (QED) is 0.765. The van der Waals surface area contributed by atoms with Crippen LogP contribution in [0.5, 0.6) is 5.75 Å². The van der Waals surface area contributed by atoms with Gasteiger partial charge in [-0.3, -0.25) is 4.79 Å². The minimum absolute atomic E-state index is 0.0538. The van der Waals surface area contributed by atoms with Crippen molar-refractivity contribution in [3.63, 3.8) is 0 Å². The van der Waals surface area contributed by atoms with Crippen molar-refractivity contribution in [1.82, 2.24) is 0 Å². The second-order valence-electron chi connectivity index (χ2n) is 4.94. The number of Topliss-reactive ketones (excluding diaryl/α,β-unsaturated/α-hetero) is 1. The molecule has 1 unspecified atom stereocenters. The Morgan fingerprint density at radius 2 is 1.73 bits per heavy atom. The first-order chi connectivity index (χ1) is 10.3. The van der Waals surface area contributed by atoms with Crippen LogP contribution in [0.1, 0.15) is 34.3 Å². The molecule has 0 bridgehead atoms. The van der Waals surface area contributed by atoms with E-state index in [1.165, 1.54) is 19.2 Å². The van der Waals surface area contributed by atoms with Crippen molar-refractivity contribution in [1.29, 1.82) is 0 Å². The van der Waals surface area contributed by atoms with Crippen LogP contribution >= 0.6 is 0 Å². The van der Waals surface area contributed by atoms with Crippen LogP contribution in [0.3, 0.4) is 0 Å². The third kappa shape index (κ3) is 3.47. The zero-order chi connectivity index (χ0) is 16.3. The largest absolute Gasteiger partial charge is 0.497 e. The summed E-state index contributed by atoms with van der Waals surface area (Å²) < 4.78 is 43.2. The fraction of sp³-hybridized carbons (Fsp3) is 0.235. The van der Waals surface area contributed by atoms with Gasteiger partial charge in [-0.2, -0.15) is 13.2 Å². The molecule has 2 nitrogen and oxygen atoms in total. The van der Waals surface area contributed by atoms with Crippen LogP contribution in [0.15, 0.2) is 48.5 Å². The highest BCUT2D eigenvalue weighted by atomic mass is 19.4. The van der Waals surface area contributed by atoms with Crippen LogP contribution in [0.2, 0.25) is 0 Å². The standard InChI is InChI=1S/C17H15F3O2/c1-11(12-6-8-15(22-2)9-7-12)16(21)13-4-3-5-14(10-13)17(18,19)20/h3-11H,1-2H3. The molecular weight excluding hydrogens is 293 g/mol. The van der Waals surface area contributed by atoms with Crippen molar-refractivity contribution in [2.24, 2.45) is 0 Å². The second-order valence-corrected chi connectivity index (χ2v) is 4.94. The maximum Gasteiger partial charge on any atom is 0.416 e. The summed E-state index contributed by atoms with van der Waals surface area (Å²) in [5, 5.41) is 0. The SMILES string of the molecule is COc1ccc(C(C)C(=O)c2cccc(C(F)(F)F)c2)cc1. The van der Waals surface area contributed by atoms with Gasteiger partial charge in [-0.25, -0.2) is 0 Å². The summed E-state index contributed by atoms with van der Waals surface area (Å²) in [5.41, 5.74) is -0.0402. The normalized spacial score (nSPS) is 12.8. The number of carbonyl (C=O) groups is 1. The van der Waals surface area contributed by atoms with E-state index >= 15 is 0 Å². The maximum atomic E-state index is 12.7. The van der Waals surface area contributed by atoms with E-state index in [0.29, 0.717) is 5.75 Å². The Morgan fingerprint density at radius 1 is 1.09 bits per heavy atom. The van der Waals surface area contributed by atoms with Gasteiger partial charge in [-0.15, -0.1) is 0 Å². The maximum absolute atomic E-state index is 12.7. The molecule has 0 fully saturated rings. The summed E-state index contributed by atoms with van der Waals surface area (Å²) in [6.45, 7) is 1.67. The molecule has 22 heavy (non-hydrogen) atoms. The Hall–Kier alpha value is -2.30. The van der Waals surface area contributed by atoms with E-state index in [9.17, 15) is 18.0 Å². The first kappa shape index (κ1) is 16.1. The van der Waals surface area contributed by atoms with Gasteiger partial charge in [-0.1, -0.05) is 31.2 Å². The smallest absolute Gasteiger partial charge is 0.416 e. The molecule has 0 saturated heterocycles. The number of ether oxygens (including phenoxy) is 1. The van der Waals surface area contributed by atoms with Gasteiger partial charge >= 0.3 is 6.18 Å². The average molecular weight is 308 g/mol. The van der Waals surface area contributed by atoms with E-state index in [1.807, 2.05) is 0 Å². The predicted octanol–water partition coefficient (Wildman–Crippen LogP) is 4.70. The fourth-order valence-corrected chi connectivity index (χ4v) is 2.14. The molecule has 0 aromatic heterocycles. The fourth-order valence-electron chi connectivity index (χ4n) is 2.14. The molecule has 116 valence electrons. The van der Waals surface area contributed by atoms with E-state index in [4.69, 9.17) is 4.74 Å². The van der Waals surface area contributed by atoms with Gasteiger partial charge in [0.1, 0.15) is 5.75 Å². The van der Waals surface area contributed by atoms with Gasteiger partial charge in [-0.05, 0) is 29.8 Å². The summed E-state index contributed by atoms with van der Waals surface area (Å²) in [6.07, 6.45) is -4.46. The number of ketones is 1. The molecule has 0 aliphatic rings. The molecule has 0 aliphatic carbocycles. The molecule has 2 rings (SSSR count). The highest BCUT2D eigenvalue weighted by molar-refractivity contribution is 6.00. The first-order valence-electron chi connectivity index (χ1n) is 6.68. The number of alkyl halides is 3. The van der Waals surface area contributed by atoms with Gasteiger partial charge in [0.2, 0.25) is 0 Å². The molecule has 2 aromatic rings. The summed E-state index contributed by atoms with van der Waals surface area (Å²) >= 11 is 0. The lowest BCUT2D eigenvalue weighted by Gasteiger charge is -2.13. The second kappa shape index (κ2) is 6.22. The number of hydrogen-bond donors (Lipinski definition) is 0. The lowest BCUT2D eigenvalue weighted by atomic mass is 9.91. The Kier molecular flexibility index (Phi) is 4.54. The number of halogens is 3. The van der Waals surface area contributed by atoms with Crippen LogP contribution < -0.4 is 4.74 Å². The number of carbonyl (C=O) groups excluding carboxylic acids is 1. The molecule has 0 amide bonds. The molecule has 5 heteroatoms. The minimum atomic E-state index is -4.46. The van der Waals surface area contributed by atoms with Crippen molar-refractivity contribution in [3.05, 3.63) is 65.2 Å². The van der Waals surface area contributed by atoms with Crippen molar-refractivity contribution in [2.75, 3.05) is 7.11 Å². The zero-order valence-corrected chi connectivity index (χ0v) is 12.1. The van der Waals surface area contributed by atoms with Crippen molar-refractivity contribution in [3.8, 4) is 5.75 Å². The molecule has 0 saturated carbocycles. The third-order valence-electron chi connectivity index (χ3n) is 3.48. The predicted molar refractivity (Wildman–Crippen MR) is 77.2 cm³/mol. The number of rotatable bonds is 4. The molecule has 0 aliphatic heterocycles. The average Bonchev–Trinajstić information content (AvgIpc) is 2.53. The molecule has 0 radical (unpaired) electrons. The number of benzene rings is 2. The van der Waals surface area contributed by atoms with E-state index < -0.39 is 17.7 Å². The van der Waals surface area contributed by atoms with E-state index in [0.717, 1.165) is 17.7 Å². The van der Waals surface area contributed by atoms with Gasteiger partial charge in [0.25, 0.3) is 0 Å². The zero-order valence-electron chi connectivity index (χ0n) is 12.1. The topological polar surface area (TPSA) is 26.3 Å². The monoisotopic (exact) mass is 308 g/mol. The summed E-state index contributed by atoms with van der Waals surface area (Å²) in [4.78, 5) is 12.4. The van der Waals surface area contributed by atoms with Gasteiger partial charge < -0.3 is 4.74 Å². The first-order valence-corrected chi connectivity index (χ1v) is 6.68. The van der Waals surface area contributed by atoms with Crippen LogP contribution in [0.4, 0.5) is 13.2 Å². The van der Waals surface area contributed by atoms with Crippen molar-refractivity contribution < 1.29 is 22.7 Å². The molecular formula is C17H15F3O2. The number of methoxy groups -OCH3 is 1. The van der Waals surface area contributed by atoms with E-state index in [-0.39, 0.29) is 11.3 Å². The van der Waals surface area contributed by atoms with Gasteiger partial charge in [0.05, 0.1) is 12.7 Å². The van der Waals surface area contributed by atoms with Crippen LogP contribution in [-0.4, -0.2) is 12.9 Å². The molecule has 0 spiro atoms. The van der Waals surface area contributed by atoms with Crippen molar-refractivity contribution in [2.45, 2.75) is 19.0 Å². The van der Waals surface area contributed by atoms with E-state index in [2.05, 4.69) is 0 Å². The van der Waals surface area contributed by atoms with Crippen LogP contribution in [0.25, 0.3) is 0 Å². The Morgan fingerprint density at radius 3 is 2.27 bits per heavy atom. The Bertz CT molecular complexity index is 660. The number of hydrogen-bond acceptors (Lipinski definition) is 2. The molecule has 1 atom stereocenters. The third-order valence-corrected chi connectivity index (χ3v) is 3.48.